The minimum Gasteiger partial charge on any atom is -0.367 e. The summed E-state index contributed by atoms with van der Waals surface area (Å²) in [5.41, 5.74) is 6.81. The Morgan fingerprint density at radius 3 is 2.70 bits per heavy atom. The zero-order chi connectivity index (χ0) is 25.8. The van der Waals surface area contributed by atoms with Crippen molar-refractivity contribution in [3.8, 4) is 0 Å². The van der Waals surface area contributed by atoms with E-state index in [-0.39, 0.29) is 11.8 Å². The fraction of sp³-hybridized carbons (Fsp3) is 0.310. The Morgan fingerprint density at radius 2 is 1.92 bits per heavy atom. The smallest absolute Gasteiger partial charge is 0.254 e. The highest BCUT2D eigenvalue weighted by atomic mass is 16.5. The van der Waals surface area contributed by atoms with Crippen LogP contribution in [-0.2, 0) is 40.3 Å². The van der Waals surface area contributed by atoms with Gasteiger partial charge in [0, 0.05) is 51.5 Å². The molecule has 0 saturated heterocycles. The summed E-state index contributed by atoms with van der Waals surface area (Å²) in [5.74, 6) is 0.739. The van der Waals surface area contributed by atoms with Gasteiger partial charge < -0.3 is 19.9 Å². The lowest BCUT2D eigenvalue weighted by Crippen LogP contribution is -2.37. The van der Waals surface area contributed by atoms with Crippen LogP contribution >= 0.6 is 0 Å². The quantitative estimate of drug-likeness (QED) is 0.386. The second-order valence-corrected chi connectivity index (χ2v) is 9.34. The van der Waals surface area contributed by atoms with Crippen molar-refractivity contribution in [2.75, 3.05) is 13.7 Å². The SMILES string of the molecule is COC(C(=O)NCc1c(C)ncc2c1CCN(C(=O)CCc1nc3ccccc3[nH]1)C2)c1ccccc1. The lowest BCUT2D eigenvalue weighted by molar-refractivity contribution is -0.132. The third-order valence-electron chi connectivity index (χ3n) is 6.98. The standard InChI is InChI=1S/C29H31N5O3/c1-19-23(17-31-29(36)28(37-2)20-8-4-3-5-9-20)22-14-15-34(18-21(22)16-30-19)27(35)13-12-26-32-24-10-6-7-11-25(24)33-26/h3-11,16,28H,12-15,17-18H2,1-2H3,(H,31,36)(H,32,33). The molecule has 3 heterocycles. The lowest BCUT2D eigenvalue weighted by Gasteiger charge is -2.30. The number of rotatable bonds is 8. The van der Waals surface area contributed by atoms with Gasteiger partial charge in [0.2, 0.25) is 5.91 Å². The van der Waals surface area contributed by atoms with E-state index in [4.69, 9.17) is 4.74 Å². The predicted octanol–water partition coefficient (Wildman–Crippen LogP) is 3.79. The number of aromatic nitrogens is 3. The first-order valence-corrected chi connectivity index (χ1v) is 12.6. The molecule has 0 aliphatic carbocycles. The zero-order valence-electron chi connectivity index (χ0n) is 21.2. The van der Waals surface area contributed by atoms with Crippen molar-refractivity contribution >= 4 is 22.8 Å². The number of amides is 2. The summed E-state index contributed by atoms with van der Waals surface area (Å²) in [6.07, 6.45) is 2.88. The van der Waals surface area contributed by atoms with Gasteiger partial charge in [-0.05, 0) is 47.7 Å². The van der Waals surface area contributed by atoms with Crippen LogP contribution in [0.4, 0.5) is 0 Å². The van der Waals surface area contributed by atoms with E-state index in [1.54, 1.807) is 0 Å². The van der Waals surface area contributed by atoms with E-state index in [0.717, 1.165) is 45.7 Å². The number of pyridine rings is 1. The van der Waals surface area contributed by atoms with Gasteiger partial charge in [-0.25, -0.2) is 4.98 Å². The first-order chi connectivity index (χ1) is 18.0. The molecule has 0 bridgehead atoms. The van der Waals surface area contributed by atoms with Crippen LogP contribution < -0.4 is 5.32 Å². The van der Waals surface area contributed by atoms with Crippen molar-refractivity contribution in [2.45, 2.75) is 45.4 Å². The van der Waals surface area contributed by atoms with Gasteiger partial charge in [0.05, 0.1) is 11.0 Å². The van der Waals surface area contributed by atoms with Crippen LogP contribution in [0.3, 0.4) is 0 Å². The average Bonchev–Trinajstić information content (AvgIpc) is 3.35. The Labute approximate surface area is 216 Å². The molecular formula is C29H31N5O3. The average molecular weight is 498 g/mol. The van der Waals surface area contributed by atoms with Gasteiger partial charge in [-0.3, -0.25) is 14.6 Å². The van der Waals surface area contributed by atoms with Crippen molar-refractivity contribution in [3.63, 3.8) is 0 Å². The van der Waals surface area contributed by atoms with Gasteiger partial charge in [-0.15, -0.1) is 0 Å². The fourth-order valence-electron chi connectivity index (χ4n) is 4.97. The maximum atomic E-state index is 13.0. The lowest BCUT2D eigenvalue weighted by atomic mass is 9.94. The molecule has 2 amide bonds. The van der Waals surface area contributed by atoms with Crippen LogP contribution in [0.2, 0.25) is 0 Å². The summed E-state index contributed by atoms with van der Waals surface area (Å²) in [6.45, 7) is 3.49. The molecule has 2 aromatic heterocycles. The van der Waals surface area contributed by atoms with Crippen molar-refractivity contribution in [3.05, 3.63) is 94.6 Å². The molecule has 190 valence electrons. The van der Waals surface area contributed by atoms with Crippen LogP contribution in [0.1, 0.15) is 46.3 Å². The van der Waals surface area contributed by atoms with Gasteiger partial charge in [0.1, 0.15) is 5.82 Å². The Balaban J connectivity index is 1.22. The van der Waals surface area contributed by atoms with Gasteiger partial charge >= 0.3 is 0 Å². The number of hydrogen-bond acceptors (Lipinski definition) is 5. The molecule has 0 spiro atoms. The molecule has 1 aliphatic rings. The largest absolute Gasteiger partial charge is 0.367 e. The number of para-hydroxylation sites is 2. The highest BCUT2D eigenvalue weighted by molar-refractivity contribution is 5.82. The second-order valence-electron chi connectivity index (χ2n) is 9.34. The number of methoxy groups -OCH3 is 1. The fourth-order valence-corrected chi connectivity index (χ4v) is 4.97. The molecule has 8 nitrogen and oxygen atoms in total. The maximum absolute atomic E-state index is 13.0. The van der Waals surface area contributed by atoms with Crippen LogP contribution in [0.25, 0.3) is 11.0 Å². The third-order valence-corrected chi connectivity index (χ3v) is 6.98. The minimum absolute atomic E-state index is 0.104. The summed E-state index contributed by atoms with van der Waals surface area (Å²) in [4.78, 5) is 40.2. The van der Waals surface area contributed by atoms with Crippen molar-refractivity contribution < 1.29 is 14.3 Å². The van der Waals surface area contributed by atoms with E-state index in [1.807, 2.05) is 72.6 Å². The molecule has 37 heavy (non-hydrogen) atoms. The molecule has 1 aliphatic heterocycles. The highest BCUT2D eigenvalue weighted by Crippen LogP contribution is 2.25. The molecule has 1 atom stereocenters. The molecule has 2 N–H and O–H groups in total. The third kappa shape index (κ3) is 5.39. The van der Waals surface area contributed by atoms with Gasteiger partial charge in [0.15, 0.2) is 6.10 Å². The molecule has 0 saturated carbocycles. The second kappa shape index (κ2) is 10.9. The van der Waals surface area contributed by atoms with E-state index < -0.39 is 6.10 Å². The van der Waals surface area contributed by atoms with Crippen molar-refractivity contribution in [2.24, 2.45) is 0 Å². The molecule has 0 radical (unpaired) electrons. The number of fused-ring (bicyclic) bond motifs is 2. The molecule has 4 aromatic rings. The molecule has 0 fully saturated rings. The van der Waals surface area contributed by atoms with Crippen LogP contribution in [0.15, 0.2) is 60.8 Å². The topological polar surface area (TPSA) is 100 Å². The molecule has 1 unspecified atom stereocenters. The summed E-state index contributed by atoms with van der Waals surface area (Å²) in [5, 5.41) is 3.03. The normalized spacial score (nSPS) is 13.8. The Hall–Kier alpha value is -4.04. The summed E-state index contributed by atoms with van der Waals surface area (Å²) < 4.78 is 5.46. The highest BCUT2D eigenvalue weighted by Gasteiger charge is 2.25. The van der Waals surface area contributed by atoms with Gasteiger partial charge in [-0.2, -0.15) is 0 Å². The van der Waals surface area contributed by atoms with Gasteiger partial charge in [0.25, 0.3) is 5.91 Å². The molecular weight excluding hydrogens is 466 g/mol. The molecule has 8 heteroatoms. The molecule has 5 rings (SSSR count). The number of aryl methyl sites for hydroxylation is 2. The number of benzene rings is 2. The zero-order valence-corrected chi connectivity index (χ0v) is 21.2. The number of nitrogens with zero attached hydrogens (tertiary/aromatic N) is 3. The van der Waals surface area contributed by atoms with Crippen molar-refractivity contribution in [1.29, 1.82) is 0 Å². The van der Waals surface area contributed by atoms with E-state index in [2.05, 4.69) is 20.3 Å². The first-order valence-electron chi connectivity index (χ1n) is 12.6. The van der Waals surface area contributed by atoms with Crippen LogP contribution in [0.5, 0.6) is 0 Å². The number of hydrogen-bond donors (Lipinski definition) is 2. The summed E-state index contributed by atoms with van der Waals surface area (Å²) in [7, 11) is 1.54. The van der Waals surface area contributed by atoms with E-state index in [1.165, 1.54) is 12.7 Å². The minimum atomic E-state index is -0.672. The monoisotopic (exact) mass is 497 g/mol. The number of ether oxygens (including phenoxy) is 1. The van der Waals surface area contributed by atoms with Crippen molar-refractivity contribution in [1.82, 2.24) is 25.2 Å². The predicted molar refractivity (Wildman–Crippen MR) is 141 cm³/mol. The number of carbonyl (C=O) groups is 2. The number of nitrogens with one attached hydrogen (secondary N) is 2. The maximum Gasteiger partial charge on any atom is 0.254 e. The Morgan fingerprint density at radius 1 is 1.14 bits per heavy atom. The van der Waals surface area contributed by atoms with E-state index in [0.29, 0.717) is 32.5 Å². The number of H-pyrrole nitrogens is 1. The Bertz CT molecular complexity index is 1380. The number of imidazole rings is 1. The summed E-state index contributed by atoms with van der Waals surface area (Å²) >= 11 is 0. The van der Waals surface area contributed by atoms with E-state index >= 15 is 0 Å². The van der Waals surface area contributed by atoms with Crippen LogP contribution in [-0.4, -0.2) is 45.3 Å². The number of carbonyl (C=O) groups excluding carboxylic acids is 2. The summed E-state index contributed by atoms with van der Waals surface area (Å²) in [6, 6.07) is 17.3. The number of aromatic amines is 1. The Kier molecular flexibility index (Phi) is 7.28. The van der Waals surface area contributed by atoms with Crippen LogP contribution in [0, 0.1) is 6.92 Å². The first kappa shape index (κ1) is 24.6. The van der Waals surface area contributed by atoms with Gasteiger partial charge in [-0.1, -0.05) is 42.5 Å². The van der Waals surface area contributed by atoms with E-state index in [9.17, 15) is 9.59 Å². The molecule has 2 aromatic carbocycles.